The Balaban J connectivity index is 3.14. The summed E-state index contributed by atoms with van der Waals surface area (Å²) in [4.78, 5) is 0. The molecule has 0 aliphatic heterocycles. The number of hydrogen-bond acceptors (Lipinski definition) is 0. The van der Waals surface area contributed by atoms with Crippen molar-refractivity contribution in [3.63, 3.8) is 0 Å². The van der Waals surface area contributed by atoms with E-state index in [0.717, 1.165) is 6.54 Å². The van der Waals surface area contributed by atoms with Crippen LogP contribution in [0.4, 0.5) is 0 Å². The molecule has 0 rings (SSSR count). The zero-order chi connectivity index (χ0) is 4.99. The highest BCUT2D eigenvalue weighted by Crippen LogP contribution is 1.82. The second-order valence-electron chi connectivity index (χ2n) is 1.57. The molecule has 0 spiro atoms. The molecule has 0 aromatic rings. The summed E-state index contributed by atoms with van der Waals surface area (Å²) in [6.45, 7) is 5.07. The Morgan fingerprint density at radius 3 is 2.17 bits per heavy atom. The topological polar surface area (TPSA) is 27.6 Å². The van der Waals surface area contributed by atoms with Gasteiger partial charge < -0.3 is 5.73 Å². The quantitative estimate of drug-likeness (QED) is 0.441. The summed E-state index contributed by atoms with van der Waals surface area (Å²) in [7, 11) is 0. The Labute approximate surface area is 38.8 Å². The molecule has 0 saturated carbocycles. The summed E-state index contributed by atoms with van der Waals surface area (Å²) >= 11 is 0. The molecule has 0 aromatic carbocycles. The summed E-state index contributed by atoms with van der Waals surface area (Å²) in [6.07, 6.45) is 2.10. The van der Waals surface area contributed by atoms with Gasteiger partial charge in [-0.1, -0.05) is 5.57 Å². The fourth-order valence-corrected chi connectivity index (χ4v) is 0.289. The van der Waals surface area contributed by atoms with Crippen molar-refractivity contribution in [3.8, 4) is 0 Å². The van der Waals surface area contributed by atoms with Crippen LogP contribution >= 0.6 is 0 Å². The first-order chi connectivity index (χ1) is 2.77. The molecule has 1 heteroatoms. The lowest BCUT2D eigenvalue weighted by Crippen LogP contribution is -2.49. The molecular formula is C5H12N+. The van der Waals surface area contributed by atoms with Gasteiger partial charge in [-0.15, -0.1) is 0 Å². The van der Waals surface area contributed by atoms with Crippen molar-refractivity contribution in [2.75, 3.05) is 6.54 Å². The van der Waals surface area contributed by atoms with Gasteiger partial charge in [-0.3, -0.25) is 0 Å². The maximum atomic E-state index is 3.65. The molecule has 6 heavy (non-hydrogen) atoms. The van der Waals surface area contributed by atoms with Crippen molar-refractivity contribution in [2.24, 2.45) is 0 Å². The fraction of sp³-hybridized carbons (Fsp3) is 0.600. The number of quaternary nitrogens is 1. The number of hydrogen-bond donors (Lipinski definition) is 1. The molecule has 0 aromatic heterocycles. The van der Waals surface area contributed by atoms with Gasteiger partial charge in [0.05, 0.1) is 6.54 Å². The van der Waals surface area contributed by atoms with Gasteiger partial charge in [-0.05, 0) is 19.9 Å². The molecule has 0 amide bonds. The lowest BCUT2D eigenvalue weighted by molar-refractivity contribution is -0.352. The molecule has 0 atom stereocenters. The van der Waals surface area contributed by atoms with Crippen molar-refractivity contribution in [1.29, 1.82) is 0 Å². The second-order valence-corrected chi connectivity index (χ2v) is 1.57. The first-order valence-corrected chi connectivity index (χ1v) is 2.20. The third kappa shape index (κ3) is 3.70. The third-order valence-electron chi connectivity index (χ3n) is 0.553. The van der Waals surface area contributed by atoms with Crippen LogP contribution in [0.3, 0.4) is 0 Å². The van der Waals surface area contributed by atoms with Crippen LogP contribution in [0.1, 0.15) is 13.8 Å². The van der Waals surface area contributed by atoms with Gasteiger partial charge in [0.25, 0.3) is 0 Å². The molecule has 1 nitrogen and oxygen atoms in total. The van der Waals surface area contributed by atoms with Crippen LogP contribution < -0.4 is 5.73 Å². The van der Waals surface area contributed by atoms with Gasteiger partial charge >= 0.3 is 0 Å². The summed E-state index contributed by atoms with van der Waals surface area (Å²) in [5, 5.41) is 0. The number of rotatable bonds is 1. The number of allylic oxidation sites excluding steroid dienone is 1. The largest absolute Gasteiger partial charge is 0.354 e. The average molecular weight is 86.2 g/mol. The zero-order valence-corrected chi connectivity index (χ0v) is 4.49. The second kappa shape index (κ2) is 2.91. The van der Waals surface area contributed by atoms with Crippen LogP contribution in [0.15, 0.2) is 11.6 Å². The van der Waals surface area contributed by atoms with Crippen LogP contribution in [0.2, 0.25) is 0 Å². The predicted octanol–water partition coefficient (Wildman–Crippen LogP) is 0.195. The SMILES string of the molecule is CC(C)=CC[NH3+]. The minimum absolute atomic E-state index is 0.919. The lowest BCUT2D eigenvalue weighted by atomic mass is 10.3. The summed E-state index contributed by atoms with van der Waals surface area (Å²) < 4.78 is 0. The summed E-state index contributed by atoms with van der Waals surface area (Å²) in [5.74, 6) is 0. The molecule has 0 aliphatic carbocycles. The Hall–Kier alpha value is -0.300. The van der Waals surface area contributed by atoms with Crippen LogP contribution in [-0.4, -0.2) is 6.54 Å². The van der Waals surface area contributed by atoms with E-state index in [4.69, 9.17) is 0 Å². The minimum Gasteiger partial charge on any atom is -0.354 e. The van der Waals surface area contributed by atoms with Gasteiger partial charge in [0, 0.05) is 0 Å². The minimum atomic E-state index is 0.919. The normalized spacial score (nSPS) is 7.83. The Kier molecular flexibility index (Phi) is 2.77. The van der Waals surface area contributed by atoms with Crippen LogP contribution in [0.25, 0.3) is 0 Å². The van der Waals surface area contributed by atoms with Crippen molar-refractivity contribution in [1.82, 2.24) is 0 Å². The first kappa shape index (κ1) is 5.70. The Bertz CT molecular complexity index is 51.0. The molecule has 0 bridgehead atoms. The highest BCUT2D eigenvalue weighted by Gasteiger charge is 1.69. The average Bonchev–Trinajstić information content (AvgIpc) is 1.35. The Morgan fingerprint density at radius 1 is 1.67 bits per heavy atom. The standard InChI is InChI=1S/C5H11N/c1-5(2)3-4-6/h3H,4,6H2,1-2H3/p+1. The lowest BCUT2D eigenvalue weighted by Gasteiger charge is -1.78. The molecule has 0 fully saturated rings. The van der Waals surface area contributed by atoms with E-state index in [0.29, 0.717) is 0 Å². The van der Waals surface area contributed by atoms with Crippen molar-refractivity contribution in [3.05, 3.63) is 11.6 Å². The van der Waals surface area contributed by atoms with E-state index in [1.54, 1.807) is 0 Å². The van der Waals surface area contributed by atoms with E-state index in [9.17, 15) is 0 Å². The molecule has 0 unspecified atom stereocenters. The predicted molar refractivity (Wildman–Crippen MR) is 27.2 cm³/mol. The zero-order valence-electron chi connectivity index (χ0n) is 4.49. The van der Waals surface area contributed by atoms with Crippen molar-refractivity contribution < 1.29 is 5.73 Å². The van der Waals surface area contributed by atoms with E-state index in [1.165, 1.54) is 5.57 Å². The van der Waals surface area contributed by atoms with E-state index >= 15 is 0 Å². The molecule has 36 valence electrons. The van der Waals surface area contributed by atoms with Gasteiger partial charge in [0.2, 0.25) is 0 Å². The molecule has 0 saturated heterocycles. The maximum Gasteiger partial charge on any atom is 0.0929 e. The first-order valence-electron chi connectivity index (χ1n) is 2.20. The van der Waals surface area contributed by atoms with E-state index < -0.39 is 0 Å². The monoisotopic (exact) mass is 86.1 g/mol. The highest BCUT2D eigenvalue weighted by molar-refractivity contribution is 4.91. The van der Waals surface area contributed by atoms with Crippen molar-refractivity contribution in [2.45, 2.75) is 13.8 Å². The molecule has 0 heterocycles. The van der Waals surface area contributed by atoms with Crippen LogP contribution in [-0.2, 0) is 0 Å². The van der Waals surface area contributed by atoms with E-state index in [1.807, 2.05) is 0 Å². The molecular weight excluding hydrogens is 74.1 g/mol. The van der Waals surface area contributed by atoms with E-state index in [-0.39, 0.29) is 0 Å². The van der Waals surface area contributed by atoms with Crippen LogP contribution in [0, 0.1) is 0 Å². The molecule has 0 radical (unpaired) electrons. The van der Waals surface area contributed by atoms with Crippen molar-refractivity contribution >= 4 is 0 Å². The van der Waals surface area contributed by atoms with Gasteiger partial charge in [-0.2, -0.15) is 0 Å². The Morgan fingerprint density at radius 2 is 2.17 bits per heavy atom. The molecule has 0 aliphatic rings. The van der Waals surface area contributed by atoms with Gasteiger partial charge in [-0.25, -0.2) is 0 Å². The highest BCUT2D eigenvalue weighted by atomic mass is 14.5. The van der Waals surface area contributed by atoms with Gasteiger partial charge in [0.1, 0.15) is 0 Å². The fourth-order valence-electron chi connectivity index (χ4n) is 0.289. The van der Waals surface area contributed by atoms with Crippen LogP contribution in [0.5, 0.6) is 0 Å². The summed E-state index contributed by atoms with van der Waals surface area (Å²) in [6, 6.07) is 0. The van der Waals surface area contributed by atoms with Gasteiger partial charge in [0.15, 0.2) is 0 Å². The van der Waals surface area contributed by atoms with E-state index in [2.05, 4.69) is 25.7 Å². The molecule has 3 N–H and O–H groups in total. The maximum absolute atomic E-state index is 3.65. The third-order valence-corrected chi connectivity index (χ3v) is 0.553. The summed E-state index contributed by atoms with van der Waals surface area (Å²) in [5.41, 5.74) is 5.00. The smallest absolute Gasteiger partial charge is 0.0929 e.